The topological polar surface area (TPSA) is 45.2 Å². The van der Waals surface area contributed by atoms with Crippen molar-refractivity contribution in [1.29, 1.82) is 0 Å². The van der Waals surface area contributed by atoms with Crippen LogP contribution in [0, 0.1) is 5.82 Å². The fourth-order valence-electron chi connectivity index (χ4n) is 1.96. The van der Waals surface area contributed by atoms with Crippen LogP contribution in [0.5, 0.6) is 0 Å². The van der Waals surface area contributed by atoms with E-state index in [2.05, 4.69) is 10.3 Å². The van der Waals surface area contributed by atoms with Crippen molar-refractivity contribution in [3.63, 3.8) is 0 Å². The molecule has 0 saturated heterocycles. The lowest BCUT2D eigenvalue weighted by atomic mass is 10.2. The second kappa shape index (κ2) is 7.28. The van der Waals surface area contributed by atoms with Crippen molar-refractivity contribution in [1.82, 2.24) is 10.3 Å². The molecular weight excluding hydrogens is 289 g/mol. The third-order valence-corrected chi connectivity index (χ3v) is 3.96. The van der Waals surface area contributed by atoms with E-state index in [0.29, 0.717) is 30.3 Å². The number of thiazole rings is 1. The van der Waals surface area contributed by atoms with Gasteiger partial charge in [0.05, 0.1) is 5.69 Å². The Hall–Kier alpha value is -1.79. The highest BCUT2D eigenvalue weighted by atomic mass is 32.1. The molecule has 4 nitrogen and oxygen atoms in total. The fourth-order valence-corrected chi connectivity index (χ4v) is 2.89. The second-order valence-electron chi connectivity index (χ2n) is 4.58. The molecule has 112 valence electrons. The first-order chi connectivity index (χ1) is 10.1. The summed E-state index contributed by atoms with van der Waals surface area (Å²) in [6.07, 6.45) is 0. The molecular formula is C15H18FN3OS. The number of rotatable bonds is 6. The zero-order valence-electron chi connectivity index (χ0n) is 12.1. The van der Waals surface area contributed by atoms with Gasteiger partial charge in [0.2, 0.25) is 5.91 Å². The molecule has 1 aromatic heterocycles. The second-order valence-corrected chi connectivity index (χ2v) is 5.42. The van der Waals surface area contributed by atoms with Crippen LogP contribution in [0.2, 0.25) is 0 Å². The minimum atomic E-state index is -0.210. The first kappa shape index (κ1) is 15.6. The SMILES string of the molecule is CCN(C(C)=O)c1nc(CNCc2ccccc2F)cs1. The summed E-state index contributed by atoms with van der Waals surface area (Å²) in [5, 5.41) is 5.77. The average molecular weight is 307 g/mol. The van der Waals surface area contributed by atoms with Crippen LogP contribution in [0.25, 0.3) is 0 Å². The Morgan fingerprint density at radius 3 is 2.81 bits per heavy atom. The highest BCUT2D eigenvalue weighted by Gasteiger charge is 2.13. The largest absolute Gasteiger partial charge is 0.307 e. The van der Waals surface area contributed by atoms with Crippen molar-refractivity contribution in [2.45, 2.75) is 26.9 Å². The summed E-state index contributed by atoms with van der Waals surface area (Å²) in [6.45, 7) is 5.04. The number of hydrogen-bond acceptors (Lipinski definition) is 4. The van der Waals surface area contributed by atoms with Gasteiger partial charge in [-0.3, -0.25) is 9.69 Å². The van der Waals surface area contributed by atoms with Crippen LogP contribution < -0.4 is 10.2 Å². The summed E-state index contributed by atoms with van der Waals surface area (Å²) in [6, 6.07) is 6.69. The summed E-state index contributed by atoms with van der Waals surface area (Å²) in [5.41, 5.74) is 1.48. The molecule has 1 N–H and O–H groups in total. The van der Waals surface area contributed by atoms with E-state index >= 15 is 0 Å². The van der Waals surface area contributed by atoms with Crippen molar-refractivity contribution >= 4 is 22.4 Å². The molecule has 6 heteroatoms. The van der Waals surface area contributed by atoms with E-state index in [4.69, 9.17) is 0 Å². The molecule has 0 unspecified atom stereocenters. The number of amides is 1. The summed E-state index contributed by atoms with van der Waals surface area (Å²) < 4.78 is 13.5. The molecule has 0 radical (unpaired) electrons. The number of nitrogens with zero attached hydrogens (tertiary/aromatic N) is 2. The number of nitrogens with one attached hydrogen (secondary N) is 1. The highest BCUT2D eigenvalue weighted by molar-refractivity contribution is 7.14. The summed E-state index contributed by atoms with van der Waals surface area (Å²) in [5.74, 6) is -0.226. The molecule has 0 atom stereocenters. The van der Waals surface area contributed by atoms with Gasteiger partial charge in [-0.25, -0.2) is 9.37 Å². The van der Waals surface area contributed by atoms with E-state index in [1.807, 2.05) is 18.4 Å². The minimum absolute atomic E-state index is 0.0160. The summed E-state index contributed by atoms with van der Waals surface area (Å²) in [7, 11) is 0. The standard InChI is InChI=1S/C15H18FN3OS/c1-3-19(11(2)20)15-18-13(10-21-15)9-17-8-12-6-4-5-7-14(12)16/h4-7,10,17H,3,8-9H2,1-2H3. The van der Waals surface area contributed by atoms with Gasteiger partial charge in [0.15, 0.2) is 5.13 Å². The Morgan fingerprint density at radius 1 is 1.38 bits per heavy atom. The lowest BCUT2D eigenvalue weighted by Gasteiger charge is -2.14. The van der Waals surface area contributed by atoms with Gasteiger partial charge in [0.1, 0.15) is 5.82 Å². The van der Waals surface area contributed by atoms with Crippen LogP contribution in [0.3, 0.4) is 0 Å². The zero-order chi connectivity index (χ0) is 15.2. The number of anilines is 1. The molecule has 0 fully saturated rings. The Balaban J connectivity index is 1.91. The molecule has 0 aliphatic carbocycles. The quantitative estimate of drug-likeness (QED) is 0.892. The van der Waals surface area contributed by atoms with Gasteiger partial charge in [-0.15, -0.1) is 11.3 Å². The van der Waals surface area contributed by atoms with Crippen LogP contribution in [0.1, 0.15) is 25.1 Å². The molecule has 0 aliphatic rings. The molecule has 0 aliphatic heterocycles. The Kier molecular flexibility index (Phi) is 5.41. The molecule has 1 heterocycles. The third-order valence-electron chi connectivity index (χ3n) is 3.05. The lowest BCUT2D eigenvalue weighted by molar-refractivity contribution is -0.116. The van der Waals surface area contributed by atoms with Crippen molar-refractivity contribution in [3.05, 3.63) is 46.7 Å². The maximum atomic E-state index is 13.5. The van der Waals surface area contributed by atoms with E-state index in [0.717, 1.165) is 5.69 Å². The normalized spacial score (nSPS) is 10.6. The van der Waals surface area contributed by atoms with E-state index in [-0.39, 0.29) is 11.7 Å². The molecule has 2 rings (SSSR count). The predicted molar refractivity (Wildman–Crippen MR) is 82.8 cm³/mol. The fraction of sp³-hybridized carbons (Fsp3) is 0.333. The van der Waals surface area contributed by atoms with Gasteiger partial charge in [-0.2, -0.15) is 0 Å². The predicted octanol–water partition coefficient (Wildman–Crippen LogP) is 2.94. The average Bonchev–Trinajstić information content (AvgIpc) is 2.90. The van der Waals surface area contributed by atoms with Crippen molar-refractivity contribution in [2.75, 3.05) is 11.4 Å². The van der Waals surface area contributed by atoms with Crippen LogP contribution in [0.15, 0.2) is 29.6 Å². The highest BCUT2D eigenvalue weighted by Crippen LogP contribution is 2.20. The smallest absolute Gasteiger partial charge is 0.225 e. The summed E-state index contributed by atoms with van der Waals surface area (Å²) in [4.78, 5) is 17.5. The molecule has 2 aromatic rings. The molecule has 1 amide bonds. The van der Waals surface area contributed by atoms with Crippen LogP contribution in [-0.2, 0) is 17.9 Å². The zero-order valence-corrected chi connectivity index (χ0v) is 12.9. The molecule has 0 spiro atoms. The molecule has 1 aromatic carbocycles. The Bertz CT molecular complexity index is 614. The maximum absolute atomic E-state index is 13.5. The van der Waals surface area contributed by atoms with Gasteiger partial charge >= 0.3 is 0 Å². The van der Waals surface area contributed by atoms with Crippen molar-refractivity contribution in [2.24, 2.45) is 0 Å². The van der Waals surface area contributed by atoms with Crippen LogP contribution >= 0.6 is 11.3 Å². The third kappa shape index (κ3) is 4.09. The number of aromatic nitrogens is 1. The number of carbonyl (C=O) groups excluding carboxylic acids is 1. The Morgan fingerprint density at radius 2 is 2.14 bits per heavy atom. The van der Waals surface area contributed by atoms with Crippen LogP contribution in [0.4, 0.5) is 9.52 Å². The number of carbonyl (C=O) groups is 1. The number of halogens is 1. The number of benzene rings is 1. The van der Waals surface area contributed by atoms with Gasteiger partial charge in [0, 0.05) is 37.5 Å². The van der Waals surface area contributed by atoms with Gasteiger partial charge in [-0.05, 0) is 13.0 Å². The number of hydrogen-bond donors (Lipinski definition) is 1. The molecule has 0 bridgehead atoms. The van der Waals surface area contributed by atoms with E-state index in [1.54, 1.807) is 17.0 Å². The molecule has 21 heavy (non-hydrogen) atoms. The minimum Gasteiger partial charge on any atom is -0.307 e. The van der Waals surface area contributed by atoms with Crippen LogP contribution in [-0.4, -0.2) is 17.4 Å². The Labute approximate surface area is 127 Å². The summed E-state index contributed by atoms with van der Waals surface area (Å²) >= 11 is 1.44. The van der Waals surface area contributed by atoms with Gasteiger partial charge in [-0.1, -0.05) is 18.2 Å². The van der Waals surface area contributed by atoms with E-state index in [1.165, 1.54) is 24.3 Å². The maximum Gasteiger partial charge on any atom is 0.225 e. The van der Waals surface area contributed by atoms with E-state index < -0.39 is 0 Å². The van der Waals surface area contributed by atoms with E-state index in [9.17, 15) is 9.18 Å². The van der Waals surface area contributed by atoms with Crippen molar-refractivity contribution in [3.8, 4) is 0 Å². The first-order valence-electron chi connectivity index (χ1n) is 6.78. The van der Waals surface area contributed by atoms with Gasteiger partial charge < -0.3 is 5.32 Å². The monoisotopic (exact) mass is 307 g/mol. The van der Waals surface area contributed by atoms with Crippen molar-refractivity contribution < 1.29 is 9.18 Å². The lowest BCUT2D eigenvalue weighted by Crippen LogP contribution is -2.27. The van der Waals surface area contributed by atoms with Gasteiger partial charge in [0.25, 0.3) is 0 Å². The molecule has 0 saturated carbocycles. The first-order valence-corrected chi connectivity index (χ1v) is 7.66.